The van der Waals surface area contributed by atoms with E-state index in [-0.39, 0.29) is 11.9 Å². The lowest BCUT2D eigenvalue weighted by atomic mass is 10.1. The molecular weight excluding hydrogens is 294 g/mol. The van der Waals surface area contributed by atoms with Gasteiger partial charge in [0.1, 0.15) is 0 Å². The van der Waals surface area contributed by atoms with Gasteiger partial charge in [0.25, 0.3) is 0 Å². The number of nitrogens with zero attached hydrogens (tertiary/aromatic N) is 2. The van der Waals surface area contributed by atoms with Crippen molar-refractivity contribution in [2.75, 3.05) is 6.54 Å². The predicted molar refractivity (Wildman–Crippen MR) is 88.6 cm³/mol. The zero-order chi connectivity index (χ0) is 15.4. The van der Waals surface area contributed by atoms with Crippen molar-refractivity contribution in [3.05, 3.63) is 52.0 Å². The normalized spacial score (nSPS) is 18.5. The Kier molecular flexibility index (Phi) is 4.85. The van der Waals surface area contributed by atoms with Crippen LogP contribution in [0.5, 0.6) is 0 Å². The molecule has 0 aliphatic carbocycles. The van der Waals surface area contributed by atoms with E-state index in [0.29, 0.717) is 6.54 Å². The second kappa shape index (κ2) is 7.03. The number of aryl methyl sites for hydroxylation is 1. The molecule has 1 unspecified atom stereocenters. The number of likely N-dealkylation sites (tertiary alicyclic amines) is 1. The molecule has 1 aromatic heterocycles. The minimum atomic E-state index is -0.00535. The standard InChI is InChI=1S/C17H21N3OS/c1-13-18-10-15(22-13)11-19-17(21)16-8-5-9-20(16)12-14-6-3-2-4-7-14/h2-4,6-7,10,16H,5,8-9,11-12H2,1H3,(H,19,21). The number of hydrogen-bond acceptors (Lipinski definition) is 4. The molecule has 4 nitrogen and oxygen atoms in total. The molecule has 1 aromatic carbocycles. The largest absolute Gasteiger partial charge is 0.350 e. The molecule has 5 heteroatoms. The van der Waals surface area contributed by atoms with E-state index in [1.165, 1.54) is 5.56 Å². The highest BCUT2D eigenvalue weighted by atomic mass is 32.1. The predicted octanol–water partition coefficient (Wildman–Crippen LogP) is 2.73. The molecule has 1 fully saturated rings. The van der Waals surface area contributed by atoms with E-state index in [9.17, 15) is 4.79 Å². The van der Waals surface area contributed by atoms with Gasteiger partial charge < -0.3 is 5.32 Å². The van der Waals surface area contributed by atoms with Gasteiger partial charge in [-0.3, -0.25) is 9.69 Å². The zero-order valence-electron chi connectivity index (χ0n) is 12.8. The summed E-state index contributed by atoms with van der Waals surface area (Å²) in [7, 11) is 0. The van der Waals surface area contributed by atoms with Crippen molar-refractivity contribution >= 4 is 17.2 Å². The van der Waals surface area contributed by atoms with Crippen molar-refractivity contribution in [2.45, 2.75) is 38.9 Å². The van der Waals surface area contributed by atoms with E-state index in [2.05, 4.69) is 27.3 Å². The van der Waals surface area contributed by atoms with Crippen molar-refractivity contribution in [3.63, 3.8) is 0 Å². The smallest absolute Gasteiger partial charge is 0.237 e. The summed E-state index contributed by atoms with van der Waals surface area (Å²) in [6, 6.07) is 10.4. The third-order valence-electron chi connectivity index (χ3n) is 4.00. The molecule has 1 aliphatic heterocycles. The Labute approximate surface area is 135 Å². The van der Waals surface area contributed by atoms with Crippen molar-refractivity contribution in [1.82, 2.24) is 15.2 Å². The average molecular weight is 315 g/mol. The van der Waals surface area contributed by atoms with Crippen LogP contribution in [0.15, 0.2) is 36.5 Å². The first kappa shape index (κ1) is 15.2. The number of thiazole rings is 1. The number of hydrogen-bond donors (Lipinski definition) is 1. The summed E-state index contributed by atoms with van der Waals surface area (Å²) in [6.07, 6.45) is 3.88. The van der Waals surface area contributed by atoms with Gasteiger partial charge >= 0.3 is 0 Å². The molecule has 3 rings (SSSR count). The lowest BCUT2D eigenvalue weighted by Gasteiger charge is -2.23. The average Bonchev–Trinajstić information content (AvgIpc) is 3.15. The van der Waals surface area contributed by atoms with Crippen molar-refractivity contribution < 1.29 is 4.79 Å². The fourth-order valence-corrected chi connectivity index (χ4v) is 3.64. The molecule has 1 saturated heterocycles. The van der Waals surface area contributed by atoms with Crippen LogP contribution in [0.25, 0.3) is 0 Å². The highest BCUT2D eigenvalue weighted by Gasteiger charge is 2.30. The number of amides is 1. The zero-order valence-corrected chi connectivity index (χ0v) is 13.6. The molecule has 0 saturated carbocycles. The van der Waals surface area contributed by atoms with Crippen molar-refractivity contribution in [3.8, 4) is 0 Å². The van der Waals surface area contributed by atoms with Gasteiger partial charge in [0.05, 0.1) is 17.6 Å². The number of nitrogens with one attached hydrogen (secondary N) is 1. The second-order valence-electron chi connectivity index (χ2n) is 5.68. The van der Waals surface area contributed by atoms with Crippen LogP contribution >= 0.6 is 11.3 Å². The molecule has 0 radical (unpaired) electrons. The lowest BCUT2D eigenvalue weighted by Crippen LogP contribution is -2.42. The summed E-state index contributed by atoms with van der Waals surface area (Å²) in [6.45, 7) is 4.40. The highest BCUT2D eigenvalue weighted by molar-refractivity contribution is 7.11. The third kappa shape index (κ3) is 3.72. The monoisotopic (exact) mass is 315 g/mol. The van der Waals surface area contributed by atoms with Gasteiger partial charge in [0, 0.05) is 17.6 Å². The van der Waals surface area contributed by atoms with Gasteiger partial charge in [-0.05, 0) is 31.9 Å². The summed E-state index contributed by atoms with van der Waals surface area (Å²) in [5, 5.41) is 4.10. The fourth-order valence-electron chi connectivity index (χ4n) is 2.91. The molecule has 0 spiro atoms. The van der Waals surface area contributed by atoms with Gasteiger partial charge in [-0.15, -0.1) is 11.3 Å². The van der Waals surface area contributed by atoms with E-state index < -0.39 is 0 Å². The van der Waals surface area contributed by atoms with Crippen molar-refractivity contribution in [1.29, 1.82) is 0 Å². The Hall–Kier alpha value is -1.72. The maximum atomic E-state index is 12.5. The SMILES string of the molecule is Cc1ncc(CNC(=O)C2CCCN2Cc2ccccc2)s1. The molecule has 2 aromatic rings. The first-order valence-corrected chi connectivity index (χ1v) is 8.51. The fraction of sp³-hybridized carbons (Fsp3) is 0.412. The van der Waals surface area contributed by atoms with Gasteiger partial charge in [0.2, 0.25) is 5.91 Å². The Bertz CT molecular complexity index is 626. The third-order valence-corrected chi connectivity index (χ3v) is 4.91. The molecule has 1 N–H and O–H groups in total. The van der Waals surface area contributed by atoms with Crippen LogP contribution in [-0.4, -0.2) is 28.4 Å². The van der Waals surface area contributed by atoms with Crippen LogP contribution in [0.2, 0.25) is 0 Å². The number of rotatable bonds is 5. The Morgan fingerprint density at radius 1 is 1.41 bits per heavy atom. The molecule has 1 amide bonds. The van der Waals surface area contributed by atoms with Crippen LogP contribution < -0.4 is 5.32 Å². The molecule has 2 heterocycles. The molecule has 1 aliphatic rings. The van der Waals surface area contributed by atoms with Crippen LogP contribution in [0.1, 0.15) is 28.3 Å². The summed E-state index contributed by atoms with van der Waals surface area (Å²) in [4.78, 5) is 20.1. The van der Waals surface area contributed by atoms with Crippen LogP contribution in [-0.2, 0) is 17.9 Å². The molecular formula is C17H21N3OS. The lowest BCUT2D eigenvalue weighted by molar-refractivity contribution is -0.125. The van der Waals surface area contributed by atoms with Crippen LogP contribution in [0.3, 0.4) is 0 Å². The minimum absolute atomic E-state index is 0.00535. The first-order valence-electron chi connectivity index (χ1n) is 7.69. The minimum Gasteiger partial charge on any atom is -0.350 e. The van der Waals surface area contributed by atoms with E-state index in [1.54, 1.807) is 11.3 Å². The van der Waals surface area contributed by atoms with E-state index in [1.807, 2.05) is 31.3 Å². The quantitative estimate of drug-likeness (QED) is 0.923. The Balaban J connectivity index is 1.56. The first-order chi connectivity index (χ1) is 10.7. The van der Waals surface area contributed by atoms with Gasteiger partial charge in [-0.25, -0.2) is 4.98 Å². The Morgan fingerprint density at radius 3 is 2.95 bits per heavy atom. The summed E-state index contributed by atoms with van der Waals surface area (Å²) < 4.78 is 0. The van der Waals surface area contributed by atoms with Gasteiger partial charge in [-0.2, -0.15) is 0 Å². The molecule has 1 atom stereocenters. The van der Waals surface area contributed by atoms with E-state index in [4.69, 9.17) is 0 Å². The summed E-state index contributed by atoms with van der Waals surface area (Å²) in [5.41, 5.74) is 1.26. The topological polar surface area (TPSA) is 45.2 Å². The molecule has 0 bridgehead atoms. The highest BCUT2D eigenvalue weighted by Crippen LogP contribution is 2.20. The number of carbonyl (C=O) groups excluding carboxylic acids is 1. The molecule has 22 heavy (non-hydrogen) atoms. The van der Waals surface area contributed by atoms with Gasteiger partial charge in [0.15, 0.2) is 0 Å². The van der Waals surface area contributed by atoms with Crippen LogP contribution in [0, 0.1) is 6.92 Å². The maximum Gasteiger partial charge on any atom is 0.237 e. The van der Waals surface area contributed by atoms with E-state index in [0.717, 1.165) is 35.8 Å². The second-order valence-corrected chi connectivity index (χ2v) is 7.00. The summed E-state index contributed by atoms with van der Waals surface area (Å²) in [5.74, 6) is 0.138. The molecule has 116 valence electrons. The number of benzene rings is 1. The van der Waals surface area contributed by atoms with Crippen LogP contribution in [0.4, 0.5) is 0 Å². The Morgan fingerprint density at radius 2 is 2.23 bits per heavy atom. The van der Waals surface area contributed by atoms with Crippen molar-refractivity contribution in [2.24, 2.45) is 0 Å². The van der Waals surface area contributed by atoms with E-state index >= 15 is 0 Å². The number of carbonyl (C=O) groups is 1. The maximum absolute atomic E-state index is 12.5. The summed E-state index contributed by atoms with van der Waals surface area (Å²) >= 11 is 1.64. The van der Waals surface area contributed by atoms with Gasteiger partial charge in [-0.1, -0.05) is 30.3 Å². The number of aromatic nitrogens is 1.